The Morgan fingerprint density at radius 3 is 2.45 bits per heavy atom. The Hall–Kier alpha value is -1.51. The number of halogens is 1. The highest BCUT2D eigenvalue weighted by atomic mass is 35.5. The number of rotatable bonds is 7. The zero-order chi connectivity index (χ0) is 14.2. The summed E-state index contributed by atoms with van der Waals surface area (Å²) in [6.45, 7) is 4.60. The fourth-order valence-corrected chi connectivity index (χ4v) is 2.18. The minimum Gasteiger partial charge on any atom is -0.487 e. The molecule has 0 bridgehead atoms. The molecule has 0 aliphatic carbocycles. The maximum atomic E-state index is 6.10. The zero-order valence-corrected chi connectivity index (χ0v) is 12.5. The maximum absolute atomic E-state index is 6.10. The second-order valence-corrected chi connectivity index (χ2v) is 5.07. The van der Waals surface area contributed by atoms with Crippen LogP contribution in [-0.4, -0.2) is 6.54 Å². The first-order chi connectivity index (χ1) is 9.81. The van der Waals surface area contributed by atoms with Gasteiger partial charge in [0, 0.05) is 6.54 Å². The van der Waals surface area contributed by atoms with Crippen molar-refractivity contribution in [3.8, 4) is 5.75 Å². The van der Waals surface area contributed by atoms with Crippen molar-refractivity contribution < 1.29 is 4.74 Å². The molecule has 0 radical (unpaired) electrons. The van der Waals surface area contributed by atoms with E-state index in [-0.39, 0.29) is 0 Å². The quantitative estimate of drug-likeness (QED) is 0.762. The maximum Gasteiger partial charge on any atom is 0.138 e. The third kappa shape index (κ3) is 4.26. The van der Waals surface area contributed by atoms with Gasteiger partial charge in [0.15, 0.2) is 0 Å². The third-order valence-electron chi connectivity index (χ3n) is 3.08. The predicted octanol–water partition coefficient (Wildman–Crippen LogP) is 4.42. The lowest BCUT2D eigenvalue weighted by Crippen LogP contribution is -2.15. The SMILES string of the molecule is CCCNCc1ccccc1COc1ccccc1Cl. The van der Waals surface area contributed by atoms with Crippen molar-refractivity contribution >= 4 is 11.6 Å². The van der Waals surface area contributed by atoms with Crippen LogP contribution in [0.4, 0.5) is 0 Å². The molecule has 0 amide bonds. The van der Waals surface area contributed by atoms with E-state index >= 15 is 0 Å². The van der Waals surface area contributed by atoms with E-state index in [1.165, 1.54) is 11.1 Å². The lowest BCUT2D eigenvalue weighted by molar-refractivity contribution is 0.305. The van der Waals surface area contributed by atoms with Crippen LogP contribution in [0, 0.1) is 0 Å². The van der Waals surface area contributed by atoms with E-state index in [9.17, 15) is 0 Å². The van der Waals surface area contributed by atoms with Crippen LogP contribution < -0.4 is 10.1 Å². The first kappa shape index (κ1) is 14.9. The molecule has 0 spiro atoms. The van der Waals surface area contributed by atoms with Crippen LogP contribution in [0.25, 0.3) is 0 Å². The van der Waals surface area contributed by atoms with Gasteiger partial charge in [-0.15, -0.1) is 0 Å². The first-order valence-corrected chi connectivity index (χ1v) is 7.34. The van der Waals surface area contributed by atoms with Gasteiger partial charge in [-0.1, -0.05) is 54.9 Å². The lowest BCUT2D eigenvalue weighted by Gasteiger charge is -2.12. The minimum absolute atomic E-state index is 0.535. The molecule has 2 aromatic rings. The van der Waals surface area contributed by atoms with E-state index in [2.05, 4.69) is 30.4 Å². The topological polar surface area (TPSA) is 21.3 Å². The van der Waals surface area contributed by atoms with E-state index < -0.39 is 0 Å². The van der Waals surface area contributed by atoms with Crippen molar-refractivity contribution in [1.29, 1.82) is 0 Å². The van der Waals surface area contributed by atoms with Gasteiger partial charge in [0.05, 0.1) is 5.02 Å². The predicted molar refractivity (Wildman–Crippen MR) is 84.2 cm³/mol. The molecule has 106 valence electrons. The molecule has 1 N–H and O–H groups in total. The molecule has 20 heavy (non-hydrogen) atoms. The fourth-order valence-electron chi connectivity index (χ4n) is 1.99. The minimum atomic E-state index is 0.535. The summed E-state index contributed by atoms with van der Waals surface area (Å²) < 4.78 is 5.81. The summed E-state index contributed by atoms with van der Waals surface area (Å²) in [6.07, 6.45) is 1.14. The van der Waals surface area contributed by atoms with Crippen LogP contribution >= 0.6 is 11.6 Å². The Morgan fingerprint density at radius 1 is 1.00 bits per heavy atom. The van der Waals surface area contributed by atoms with Crippen molar-refractivity contribution in [3.63, 3.8) is 0 Å². The third-order valence-corrected chi connectivity index (χ3v) is 3.39. The highest BCUT2D eigenvalue weighted by Gasteiger charge is 2.04. The molecule has 3 heteroatoms. The van der Waals surface area contributed by atoms with Crippen molar-refractivity contribution in [2.24, 2.45) is 0 Å². The summed E-state index contributed by atoms with van der Waals surface area (Å²) in [6, 6.07) is 15.9. The number of hydrogen-bond acceptors (Lipinski definition) is 2. The van der Waals surface area contributed by atoms with Crippen molar-refractivity contribution in [3.05, 3.63) is 64.7 Å². The van der Waals surface area contributed by atoms with E-state index in [4.69, 9.17) is 16.3 Å². The second kappa shape index (κ2) is 7.93. The summed E-state index contributed by atoms with van der Waals surface area (Å²) in [5, 5.41) is 4.07. The molecule has 0 saturated heterocycles. The molecule has 0 unspecified atom stereocenters. The van der Waals surface area contributed by atoms with Crippen LogP contribution in [0.15, 0.2) is 48.5 Å². The summed E-state index contributed by atoms with van der Waals surface area (Å²) >= 11 is 6.10. The zero-order valence-electron chi connectivity index (χ0n) is 11.7. The number of benzene rings is 2. The van der Waals surface area contributed by atoms with E-state index in [1.807, 2.05) is 30.3 Å². The van der Waals surface area contributed by atoms with Gasteiger partial charge in [0.2, 0.25) is 0 Å². The highest BCUT2D eigenvalue weighted by molar-refractivity contribution is 6.32. The molecule has 2 nitrogen and oxygen atoms in total. The van der Waals surface area contributed by atoms with Gasteiger partial charge in [-0.05, 0) is 36.2 Å². The van der Waals surface area contributed by atoms with Gasteiger partial charge in [0.25, 0.3) is 0 Å². The highest BCUT2D eigenvalue weighted by Crippen LogP contribution is 2.24. The van der Waals surface area contributed by atoms with Crippen molar-refractivity contribution in [2.75, 3.05) is 6.54 Å². The van der Waals surface area contributed by atoms with Gasteiger partial charge >= 0.3 is 0 Å². The van der Waals surface area contributed by atoms with Crippen LogP contribution in [0.2, 0.25) is 5.02 Å². The van der Waals surface area contributed by atoms with Gasteiger partial charge < -0.3 is 10.1 Å². The molecule has 0 heterocycles. The average Bonchev–Trinajstić information content (AvgIpc) is 2.48. The normalized spacial score (nSPS) is 10.5. The molecule has 0 fully saturated rings. The second-order valence-electron chi connectivity index (χ2n) is 4.66. The van der Waals surface area contributed by atoms with Crippen LogP contribution in [0.1, 0.15) is 24.5 Å². The Kier molecular flexibility index (Phi) is 5.90. The van der Waals surface area contributed by atoms with Gasteiger partial charge in [-0.2, -0.15) is 0 Å². The van der Waals surface area contributed by atoms with E-state index in [0.29, 0.717) is 11.6 Å². The number of nitrogens with one attached hydrogen (secondary N) is 1. The smallest absolute Gasteiger partial charge is 0.138 e. The van der Waals surface area contributed by atoms with Crippen molar-refractivity contribution in [1.82, 2.24) is 5.32 Å². The molecular weight excluding hydrogens is 270 g/mol. The Balaban J connectivity index is 2.00. The standard InChI is InChI=1S/C17H20ClNO/c1-2-11-19-12-14-7-3-4-8-15(14)13-20-17-10-6-5-9-16(17)18/h3-10,19H,2,11-13H2,1H3. The van der Waals surface area contributed by atoms with Crippen LogP contribution in [0.3, 0.4) is 0 Å². The van der Waals surface area contributed by atoms with E-state index in [1.54, 1.807) is 0 Å². The molecule has 2 rings (SSSR count). The van der Waals surface area contributed by atoms with Gasteiger partial charge in [-0.3, -0.25) is 0 Å². The Labute approximate surface area is 125 Å². The lowest BCUT2D eigenvalue weighted by atomic mass is 10.1. The first-order valence-electron chi connectivity index (χ1n) is 6.96. The molecule has 0 saturated carbocycles. The van der Waals surface area contributed by atoms with Gasteiger partial charge in [-0.25, -0.2) is 0 Å². The Morgan fingerprint density at radius 2 is 1.70 bits per heavy atom. The summed E-state index contributed by atoms with van der Waals surface area (Å²) in [7, 11) is 0. The van der Waals surface area contributed by atoms with Crippen LogP contribution in [0.5, 0.6) is 5.75 Å². The summed E-state index contributed by atoms with van der Waals surface area (Å²) in [5.41, 5.74) is 2.46. The van der Waals surface area contributed by atoms with Gasteiger partial charge in [0.1, 0.15) is 12.4 Å². The Bertz CT molecular complexity index is 542. The number of ether oxygens (including phenoxy) is 1. The molecule has 0 atom stereocenters. The summed E-state index contributed by atoms with van der Waals surface area (Å²) in [5.74, 6) is 0.727. The van der Waals surface area contributed by atoms with Crippen LogP contribution in [-0.2, 0) is 13.2 Å². The van der Waals surface area contributed by atoms with Crippen molar-refractivity contribution in [2.45, 2.75) is 26.5 Å². The average molecular weight is 290 g/mol. The molecule has 2 aromatic carbocycles. The molecule has 0 aromatic heterocycles. The number of para-hydroxylation sites is 1. The fraction of sp³-hybridized carbons (Fsp3) is 0.294. The molecule has 0 aliphatic rings. The monoisotopic (exact) mass is 289 g/mol. The largest absolute Gasteiger partial charge is 0.487 e. The molecule has 0 aliphatic heterocycles. The molecular formula is C17H20ClNO. The summed E-state index contributed by atoms with van der Waals surface area (Å²) in [4.78, 5) is 0. The number of hydrogen-bond donors (Lipinski definition) is 1. The van der Waals surface area contributed by atoms with E-state index in [0.717, 1.165) is 25.3 Å².